The number of thioether (sulfide) groups is 1. The molecule has 2 rings (SSSR count). The lowest BCUT2D eigenvalue weighted by atomic mass is 10.1. The molecule has 0 saturated heterocycles. The fraction of sp³-hybridized carbons (Fsp3) is 0.333. The molecule has 22 heavy (non-hydrogen) atoms. The van der Waals surface area contributed by atoms with E-state index >= 15 is 0 Å². The van der Waals surface area contributed by atoms with Crippen molar-refractivity contribution in [1.29, 1.82) is 0 Å². The van der Waals surface area contributed by atoms with E-state index < -0.39 is 0 Å². The quantitative estimate of drug-likeness (QED) is 0.669. The number of amides is 1. The van der Waals surface area contributed by atoms with Gasteiger partial charge in [-0.15, -0.1) is 0 Å². The number of nitrogens with one attached hydrogen (secondary N) is 1. The standard InChI is InChI=1S/C15H17ClN4OS/c1-9-11(10(2)19-15(18-9)22-3)6-7-13(21)20-14-12(16)5-4-8-17-14/h4-5,8H,6-7H2,1-3H3,(H,17,20,21). The van der Waals surface area contributed by atoms with Gasteiger partial charge in [-0.1, -0.05) is 23.4 Å². The van der Waals surface area contributed by atoms with Crippen molar-refractivity contribution in [2.45, 2.75) is 31.8 Å². The minimum absolute atomic E-state index is 0.131. The summed E-state index contributed by atoms with van der Waals surface area (Å²) in [5.41, 5.74) is 2.85. The van der Waals surface area contributed by atoms with Gasteiger partial charge in [0.15, 0.2) is 11.0 Å². The number of rotatable bonds is 5. The summed E-state index contributed by atoms with van der Waals surface area (Å²) < 4.78 is 0. The van der Waals surface area contributed by atoms with Gasteiger partial charge < -0.3 is 5.32 Å². The predicted molar refractivity (Wildman–Crippen MR) is 89.5 cm³/mol. The molecule has 116 valence electrons. The SMILES string of the molecule is CSc1nc(C)c(CCC(=O)Nc2ncccc2Cl)c(C)n1. The fourth-order valence-electron chi connectivity index (χ4n) is 2.07. The van der Waals surface area contributed by atoms with E-state index in [4.69, 9.17) is 11.6 Å². The molecule has 0 spiro atoms. The average molecular weight is 337 g/mol. The first-order chi connectivity index (χ1) is 10.5. The van der Waals surface area contributed by atoms with Crippen molar-refractivity contribution in [2.75, 3.05) is 11.6 Å². The summed E-state index contributed by atoms with van der Waals surface area (Å²) in [6.07, 6.45) is 4.45. The second kappa shape index (κ2) is 7.56. The van der Waals surface area contributed by atoms with Crippen LogP contribution in [0.5, 0.6) is 0 Å². The average Bonchev–Trinajstić information content (AvgIpc) is 2.48. The van der Waals surface area contributed by atoms with Crippen LogP contribution in [0.25, 0.3) is 0 Å². The summed E-state index contributed by atoms with van der Waals surface area (Å²) in [6.45, 7) is 3.88. The van der Waals surface area contributed by atoms with Crippen molar-refractivity contribution in [3.8, 4) is 0 Å². The van der Waals surface area contributed by atoms with E-state index in [1.54, 1.807) is 18.3 Å². The number of carbonyl (C=O) groups excluding carboxylic acids is 1. The minimum Gasteiger partial charge on any atom is -0.309 e. The molecule has 0 saturated carbocycles. The summed E-state index contributed by atoms with van der Waals surface area (Å²) in [7, 11) is 0. The van der Waals surface area contributed by atoms with Gasteiger partial charge in [-0.2, -0.15) is 0 Å². The molecule has 1 N–H and O–H groups in total. The lowest BCUT2D eigenvalue weighted by Crippen LogP contribution is -2.14. The number of carbonyl (C=O) groups is 1. The Balaban J connectivity index is 2.01. The molecular formula is C15H17ClN4OS. The van der Waals surface area contributed by atoms with Gasteiger partial charge >= 0.3 is 0 Å². The van der Waals surface area contributed by atoms with Crippen molar-refractivity contribution >= 4 is 35.1 Å². The van der Waals surface area contributed by atoms with Crippen LogP contribution in [0.2, 0.25) is 5.02 Å². The monoisotopic (exact) mass is 336 g/mol. The summed E-state index contributed by atoms with van der Waals surface area (Å²) in [6, 6.07) is 3.41. The zero-order chi connectivity index (χ0) is 16.1. The van der Waals surface area contributed by atoms with Gasteiger partial charge in [-0.3, -0.25) is 4.79 Å². The van der Waals surface area contributed by atoms with E-state index in [0.717, 1.165) is 22.1 Å². The van der Waals surface area contributed by atoms with Crippen LogP contribution in [0.3, 0.4) is 0 Å². The Kier molecular flexibility index (Phi) is 5.74. The maximum Gasteiger partial charge on any atom is 0.225 e. The maximum atomic E-state index is 12.0. The lowest BCUT2D eigenvalue weighted by Gasteiger charge is -2.10. The molecule has 0 bridgehead atoms. The molecule has 2 aromatic heterocycles. The molecule has 0 fully saturated rings. The van der Waals surface area contributed by atoms with Crippen LogP contribution in [-0.4, -0.2) is 27.1 Å². The van der Waals surface area contributed by atoms with E-state index in [-0.39, 0.29) is 5.91 Å². The van der Waals surface area contributed by atoms with Gasteiger partial charge in [0.2, 0.25) is 5.91 Å². The smallest absolute Gasteiger partial charge is 0.225 e. The van der Waals surface area contributed by atoms with Crippen LogP contribution < -0.4 is 5.32 Å². The van der Waals surface area contributed by atoms with Gasteiger partial charge in [0, 0.05) is 24.0 Å². The normalized spacial score (nSPS) is 10.5. The van der Waals surface area contributed by atoms with E-state index in [1.807, 2.05) is 20.1 Å². The summed E-state index contributed by atoms with van der Waals surface area (Å²) in [5.74, 6) is 0.255. The van der Waals surface area contributed by atoms with Gasteiger partial charge in [0.25, 0.3) is 0 Å². The number of hydrogen-bond acceptors (Lipinski definition) is 5. The molecule has 0 unspecified atom stereocenters. The molecule has 2 heterocycles. The van der Waals surface area contributed by atoms with Crippen molar-refractivity contribution in [3.63, 3.8) is 0 Å². The summed E-state index contributed by atoms with van der Waals surface area (Å²) in [5, 5.41) is 3.89. The van der Waals surface area contributed by atoms with Crippen LogP contribution in [0.15, 0.2) is 23.5 Å². The molecule has 0 aliphatic carbocycles. The Labute approximate surface area is 138 Å². The van der Waals surface area contributed by atoms with Crippen LogP contribution in [0.4, 0.5) is 5.82 Å². The number of anilines is 1. The summed E-state index contributed by atoms with van der Waals surface area (Å²) >= 11 is 7.48. The molecule has 0 aliphatic rings. The van der Waals surface area contributed by atoms with Crippen LogP contribution in [-0.2, 0) is 11.2 Å². The van der Waals surface area contributed by atoms with Crippen LogP contribution >= 0.6 is 23.4 Å². The first kappa shape index (κ1) is 16.7. The second-order valence-electron chi connectivity index (χ2n) is 4.74. The Hall–Kier alpha value is -1.66. The van der Waals surface area contributed by atoms with Gasteiger partial charge in [-0.05, 0) is 44.2 Å². The Morgan fingerprint density at radius 1 is 1.32 bits per heavy atom. The highest BCUT2D eigenvalue weighted by molar-refractivity contribution is 7.98. The van der Waals surface area contributed by atoms with Crippen molar-refractivity contribution < 1.29 is 4.79 Å². The third kappa shape index (κ3) is 4.18. The van der Waals surface area contributed by atoms with Crippen molar-refractivity contribution in [3.05, 3.63) is 40.3 Å². The van der Waals surface area contributed by atoms with Crippen molar-refractivity contribution in [2.24, 2.45) is 0 Å². The Morgan fingerprint density at radius 3 is 2.59 bits per heavy atom. The van der Waals surface area contributed by atoms with E-state index in [0.29, 0.717) is 23.7 Å². The van der Waals surface area contributed by atoms with Crippen LogP contribution in [0, 0.1) is 13.8 Å². The molecule has 1 amide bonds. The number of nitrogens with zero attached hydrogens (tertiary/aromatic N) is 3. The first-order valence-electron chi connectivity index (χ1n) is 6.79. The second-order valence-corrected chi connectivity index (χ2v) is 5.92. The van der Waals surface area contributed by atoms with Gasteiger partial charge in [-0.25, -0.2) is 15.0 Å². The molecule has 0 aromatic carbocycles. The highest BCUT2D eigenvalue weighted by Gasteiger charge is 2.12. The van der Waals surface area contributed by atoms with E-state index in [1.165, 1.54) is 11.8 Å². The summed E-state index contributed by atoms with van der Waals surface area (Å²) in [4.78, 5) is 24.9. The third-order valence-corrected chi connectivity index (χ3v) is 4.05. The number of hydrogen-bond donors (Lipinski definition) is 1. The topological polar surface area (TPSA) is 67.8 Å². The largest absolute Gasteiger partial charge is 0.309 e. The molecule has 0 atom stereocenters. The molecular weight excluding hydrogens is 320 g/mol. The lowest BCUT2D eigenvalue weighted by molar-refractivity contribution is -0.116. The zero-order valence-electron chi connectivity index (χ0n) is 12.7. The molecule has 7 heteroatoms. The first-order valence-corrected chi connectivity index (χ1v) is 8.40. The fourth-order valence-corrected chi connectivity index (χ4v) is 2.70. The molecule has 0 radical (unpaired) electrons. The van der Waals surface area contributed by atoms with E-state index in [9.17, 15) is 4.79 Å². The molecule has 0 aliphatic heterocycles. The van der Waals surface area contributed by atoms with E-state index in [2.05, 4.69) is 20.3 Å². The zero-order valence-corrected chi connectivity index (χ0v) is 14.3. The maximum absolute atomic E-state index is 12.0. The number of aromatic nitrogens is 3. The van der Waals surface area contributed by atoms with Crippen LogP contribution in [0.1, 0.15) is 23.4 Å². The number of aryl methyl sites for hydroxylation is 2. The highest BCUT2D eigenvalue weighted by Crippen LogP contribution is 2.19. The van der Waals surface area contributed by atoms with Crippen molar-refractivity contribution in [1.82, 2.24) is 15.0 Å². The third-order valence-electron chi connectivity index (χ3n) is 3.20. The molecule has 5 nitrogen and oxygen atoms in total. The Bertz CT molecular complexity index is 670. The van der Waals surface area contributed by atoms with Gasteiger partial charge in [0.1, 0.15) is 0 Å². The minimum atomic E-state index is -0.131. The highest BCUT2D eigenvalue weighted by atomic mass is 35.5. The predicted octanol–water partition coefficient (Wildman–Crippen LogP) is 3.44. The molecule has 2 aromatic rings. The van der Waals surface area contributed by atoms with Gasteiger partial charge in [0.05, 0.1) is 5.02 Å². The number of halogens is 1. The number of pyridine rings is 1. The Morgan fingerprint density at radius 2 is 2.00 bits per heavy atom.